The van der Waals surface area contributed by atoms with Crippen LogP contribution in [0.4, 0.5) is 0 Å². The Bertz CT molecular complexity index is 70.8. The fraction of sp³-hybridized carbons (Fsp3) is 1.00. The molecule has 0 aromatic rings. The van der Waals surface area contributed by atoms with E-state index in [2.05, 4.69) is 6.92 Å². The summed E-state index contributed by atoms with van der Waals surface area (Å²) in [5.41, 5.74) is 0. The van der Waals surface area contributed by atoms with Crippen LogP contribution in [0.5, 0.6) is 0 Å². The Kier molecular flexibility index (Phi) is 1.90. The Morgan fingerprint density at radius 1 is 1.50 bits per heavy atom. The van der Waals surface area contributed by atoms with Gasteiger partial charge in [0.15, 0.2) is 0 Å². The molecular weight excluding hydrogens is 100 g/mol. The molecule has 0 amide bonds. The van der Waals surface area contributed by atoms with Gasteiger partial charge in [-0.2, -0.15) is 0 Å². The molecular formula is C7H14O. The quantitative estimate of drug-likeness (QED) is 0.588. The summed E-state index contributed by atoms with van der Waals surface area (Å²) in [6, 6.07) is 0. The predicted molar refractivity (Wildman–Crippen MR) is 33.6 cm³/mol. The minimum Gasteiger partial charge on any atom is -0.396 e. The lowest BCUT2D eigenvalue weighted by Gasteiger charge is -1.89. The molecule has 1 rings (SSSR count). The Hall–Kier alpha value is -0.0400. The van der Waals surface area contributed by atoms with Crippen molar-refractivity contribution in [3.05, 3.63) is 0 Å². The molecule has 0 spiro atoms. The van der Waals surface area contributed by atoms with Crippen LogP contribution < -0.4 is 0 Å². The van der Waals surface area contributed by atoms with E-state index < -0.39 is 0 Å². The van der Waals surface area contributed by atoms with E-state index in [4.69, 9.17) is 5.11 Å². The van der Waals surface area contributed by atoms with Gasteiger partial charge in [0, 0.05) is 6.61 Å². The topological polar surface area (TPSA) is 20.2 Å². The van der Waals surface area contributed by atoms with Gasteiger partial charge in [-0.05, 0) is 24.7 Å². The molecule has 1 heteroatoms. The maximum absolute atomic E-state index is 8.49. The molecule has 1 aliphatic carbocycles. The molecule has 0 radical (unpaired) electrons. The molecule has 0 unspecified atom stereocenters. The second-order valence-electron chi connectivity index (χ2n) is 2.68. The summed E-state index contributed by atoms with van der Waals surface area (Å²) in [5.74, 6) is 1.84. The molecule has 0 aliphatic heterocycles. The lowest BCUT2D eigenvalue weighted by atomic mass is 10.2. The molecule has 1 saturated carbocycles. The smallest absolute Gasteiger partial charge is 0.0433 e. The summed E-state index contributed by atoms with van der Waals surface area (Å²) in [6.45, 7) is 2.61. The van der Waals surface area contributed by atoms with Crippen LogP contribution >= 0.6 is 0 Å². The van der Waals surface area contributed by atoms with Crippen LogP contribution in [0.15, 0.2) is 0 Å². The van der Waals surface area contributed by atoms with Crippen LogP contribution in [-0.2, 0) is 0 Å². The Labute approximate surface area is 50.7 Å². The van der Waals surface area contributed by atoms with Crippen LogP contribution in [-0.4, -0.2) is 11.7 Å². The van der Waals surface area contributed by atoms with Crippen molar-refractivity contribution in [1.82, 2.24) is 0 Å². The minimum atomic E-state index is 0.390. The highest BCUT2D eigenvalue weighted by molar-refractivity contribution is 4.84. The summed E-state index contributed by atoms with van der Waals surface area (Å²) < 4.78 is 0. The summed E-state index contributed by atoms with van der Waals surface area (Å²) >= 11 is 0. The Morgan fingerprint density at radius 3 is 2.62 bits per heavy atom. The van der Waals surface area contributed by atoms with E-state index in [0.717, 1.165) is 18.3 Å². The molecule has 1 aliphatic rings. The minimum absolute atomic E-state index is 0.390. The standard InChI is InChI=1S/C7H14O/c1-2-6-5-7(6)3-4-8/h6-8H,2-5H2,1H3/t6-,7-/m0/s1. The van der Waals surface area contributed by atoms with Crippen LogP contribution in [0, 0.1) is 11.8 Å². The molecule has 48 valence electrons. The van der Waals surface area contributed by atoms with E-state index in [0.29, 0.717) is 6.61 Å². The fourth-order valence-corrected chi connectivity index (χ4v) is 1.33. The maximum Gasteiger partial charge on any atom is 0.0433 e. The summed E-state index contributed by atoms with van der Waals surface area (Å²) in [6.07, 6.45) is 3.72. The number of rotatable bonds is 3. The predicted octanol–water partition coefficient (Wildman–Crippen LogP) is 1.41. The van der Waals surface area contributed by atoms with Crippen molar-refractivity contribution in [3.8, 4) is 0 Å². The number of hydrogen-bond acceptors (Lipinski definition) is 1. The third-order valence-electron chi connectivity index (χ3n) is 2.09. The van der Waals surface area contributed by atoms with Gasteiger partial charge in [-0.25, -0.2) is 0 Å². The lowest BCUT2D eigenvalue weighted by Crippen LogP contribution is -1.85. The third kappa shape index (κ3) is 1.22. The first-order valence-corrected chi connectivity index (χ1v) is 3.49. The first-order chi connectivity index (χ1) is 3.88. The highest BCUT2D eigenvalue weighted by atomic mass is 16.3. The van der Waals surface area contributed by atoms with Crippen molar-refractivity contribution in [3.63, 3.8) is 0 Å². The van der Waals surface area contributed by atoms with E-state index in [-0.39, 0.29) is 0 Å². The normalized spacial score (nSPS) is 35.2. The first kappa shape index (κ1) is 6.09. The van der Waals surface area contributed by atoms with Gasteiger partial charge in [0.25, 0.3) is 0 Å². The zero-order chi connectivity index (χ0) is 5.98. The maximum atomic E-state index is 8.49. The van der Waals surface area contributed by atoms with Crippen LogP contribution in [0.3, 0.4) is 0 Å². The van der Waals surface area contributed by atoms with Crippen LogP contribution in [0.2, 0.25) is 0 Å². The SMILES string of the molecule is CC[C@H]1C[C@@H]1CCO. The van der Waals surface area contributed by atoms with Crippen molar-refractivity contribution in [1.29, 1.82) is 0 Å². The molecule has 0 heterocycles. The number of aliphatic hydroxyl groups is 1. The molecule has 0 saturated heterocycles. The summed E-state index contributed by atoms with van der Waals surface area (Å²) in [4.78, 5) is 0. The van der Waals surface area contributed by atoms with E-state index >= 15 is 0 Å². The van der Waals surface area contributed by atoms with E-state index in [1.54, 1.807) is 0 Å². The molecule has 1 nitrogen and oxygen atoms in total. The van der Waals surface area contributed by atoms with Crippen LogP contribution in [0.25, 0.3) is 0 Å². The highest BCUT2D eigenvalue weighted by Crippen LogP contribution is 2.42. The first-order valence-electron chi connectivity index (χ1n) is 3.49. The second kappa shape index (κ2) is 2.49. The average molecular weight is 114 g/mol. The van der Waals surface area contributed by atoms with Gasteiger partial charge >= 0.3 is 0 Å². The van der Waals surface area contributed by atoms with Crippen molar-refractivity contribution >= 4 is 0 Å². The zero-order valence-corrected chi connectivity index (χ0v) is 5.43. The monoisotopic (exact) mass is 114 g/mol. The van der Waals surface area contributed by atoms with Crippen molar-refractivity contribution in [2.75, 3.05) is 6.61 Å². The molecule has 0 bridgehead atoms. The molecule has 0 aromatic carbocycles. The number of hydrogen-bond donors (Lipinski definition) is 1. The van der Waals surface area contributed by atoms with Gasteiger partial charge in [-0.1, -0.05) is 13.3 Å². The van der Waals surface area contributed by atoms with Gasteiger partial charge in [0.05, 0.1) is 0 Å². The van der Waals surface area contributed by atoms with Crippen LogP contribution in [0.1, 0.15) is 26.2 Å². The highest BCUT2D eigenvalue weighted by Gasteiger charge is 2.33. The van der Waals surface area contributed by atoms with Gasteiger partial charge < -0.3 is 5.11 Å². The Balaban J connectivity index is 1.99. The van der Waals surface area contributed by atoms with Gasteiger partial charge in [-0.15, -0.1) is 0 Å². The van der Waals surface area contributed by atoms with Gasteiger partial charge in [0.2, 0.25) is 0 Å². The van der Waals surface area contributed by atoms with Crippen molar-refractivity contribution in [2.45, 2.75) is 26.2 Å². The average Bonchev–Trinajstić information content (AvgIpc) is 2.48. The Morgan fingerprint density at radius 2 is 2.25 bits per heavy atom. The largest absolute Gasteiger partial charge is 0.396 e. The number of aliphatic hydroxyl groups excluding tert-OH is 1. The third-order valence-corrected chi connectivity index (χ3v) is 2.09. The van der Waals surface area contributed by atoms with Gasteiger partial charge in [0.1, 0.15) is 0 Å². The van der Waals surface area contributed by atoms with E-state index in [1.807, 2.05) is 0 Å². The van der Waals surface area contributed by atoms with Crippen molar-refractivity contribution < 1.29 is 5.11 Å². The van der Waals surface area contributed by atoms with Gasteiger partial charge in [-0.3, -0.25) is 0 Å². The second-order valence-corrected chi connectivity index (χ2v) is 2.68. The van der Waals surface area contributed by atoms with Crippen molar-refractivity contribution in [2.24, 2.45) is 11.8 Å². The molecule has 1 N–H and O–H groups in total. The molecule has 0 aromatic heterocycles. The zero-order valence-electron chi connectivity index (χ0n) is 5.43. The molecule has 2 atom stereocenters. The molecule has 1 fully saturated rings. The lowest BCUT2D eigenvalue weighted by molar-refractivity contribution is 0.276. The fourth-order valence-electron chi connectivity index (χ4n) is 1.33. The van der Waals surface area contributed by atoms with E-state index in [9.17, 15) is 0 Å². The summed E-state index contributed by atoms with van der Waals surface area (Å²) in [5, 5.41) is 8.49. The van der Waals surface area contributed by atoms with E-state index in [1.165, 1.54) is 12.8 Å². The summed E-state index contributed by atoms with van der Waals surface area (Å²) in [7, 11) is 0. The molecule has 8 heavy (non-hydrogen) atoms.